The van der Waals surface area contributed by atoms with Crippen molar-refractivity contribution in [3.8, 4) is 5.75 Å². The molecule has 0 saturated heterocycles. The summed E-state index contributed by atoms with van der Waals surface area (Å²) in [6, 6.07) is 4.68. The zero-order chi connectivity index (χ0) is 13.7. The van der Waals surface area contributed by atoms with Crippen LogP contribution < -0.4 is 10.5 Å². The van der Waals surface area contributed by atoms with Crippen molar-refractivity contribution in [3.05, 3.63) is 23.8 Å². The number of halogens is 2. The molecular weight excluding hydrogens is 242 g/mol. The first-order chi connectivity index (χ1) is 8.47. The number of rotatable bonds is 5. The number of amides is 1. The van der Waals surface area contributed by atoms with E-state index in [2.05, 4.69) is 0 Å². The van der Waals surface area contributed by atoms with Gasteiger partial charge in [0.2, 0.25) is 0 Å². The van der Waals surface area contributed by atoms with Gasteiger partial charge in [-0.15, -0.1) is 0 Å². The number of alkyl halides is 2. The Morgan fingerprint density at radius 1 is 1.50 bits per heavy atom. The molecule has 100 valence electrons. The molecule has 0 spiro atoms. The summed E-state index contributed by atoms with van der Waals surface area (Å²) in [5, 5.41) is 0. The molecule has 0 heterocycles. The Morgan fingerprint density at radius 2 is 2.17 bits per heavy atom. The van der Waals surface area contributed by atoms with Gasteiger partial charge in [-0.1, -0.05) is 6.07 Å². The van der Waals surface area contributed by atoms with E-state index in [1.807, 2.05) is 0 Å². The topological polar surface area (TPSA) is 55.6 Å². The van der Waals surface area contributed by atoms with E-state index in [1.165, 1.54) is 13.1 Å². The number of para-hydroxylation sites is 1. The molecule has 0 radical (unpaired) electrons. The number of hydrogen-bond acceptors (Lipinski definition) is 3. The minimum absolute atomic E-state index is 0.194. The Hall–Kier alpha value is -1.85. The molecule has 0 fully saturated rings. The summed E-state index contributed by atoms with van der Waals surface area (Å²) in [4.78, 5) is 12.9. The monoisotopic (exact) mass is 258 g/mol. The molecule has 1 aromatic rings. The highest BCUT2D eigenvalue weighted by molar-refractivity contribution is 5.98. The van der Waals surface area contributed by atoms with E-state index >= 15 is 0 Å². The zero-order valence-electron chi connectivity index (χ0n) is 10.3. The van der Waals surface area contributed by atoms with Gasteiger partial charge in [-0.25, -0.2) is 8.78 Å². The Bertz CT molecular complexity index is 425. The molecule has 0 aromatic heterocycles. The second-order valence-electron chi connectivity index (χ2n) is 3.73. The highest BCUT2D eigenvalue weighted by Gasteiger charge is 2.20. The zero-order valence-corrected chi connectivity index (χ0v) is 10.3. The summed E-state index contributed by atoms with van der Waals surface area (Å²) in [6.07, 6.45) is -2.57. The number of nitrogen functional groups attached to an aromatic ring is 1. The molecule has 2 N–H and O–H groups in total. The molecule has 1 aromatic carbocycles. The second-order valence-corrected chi connectivity index (χ2v) is 3.73. The van der Waals surface area contributed by atoms with Crippen molar-refractivity contribution in [2.45, 2.75) is 13.3 Å². The summed E-state index contributed by atoms with van der Waals surface area (Å²) < 4.78 is 29.8. The van der Waals surface area contributed by atoms with Crippen LogP contribution >= 0.6 is 0 Å². The fourth-order valence-corrected chi connectivity index (χ4v) is 1.52. The number of hydrogen-bond donors (Lipinski definition) is 1. The molecule has 0 aliphatic rings. The van der Waals surface area contributed by atoms with Crippen molar-refractivity contribution < 1.29 is 18.3 Å². The number of carbonyl (C=O) groups is 1. The van der Waals surface area contributed by atoms with Crippen LogP contribution in [0.4, 0.5) is 14.5 Å². The van der Waals surface area contributed by atoms with Gasteiger partial charge >= 0.3 is 0 Å². The molecule has 0 atom stereocenters. The lowest BCUT2D eigenvalue weighted by Gasteiger charge is -2.19. The smallest absolute Gasteiger partial charge is 0.257 e. The van der Waals surface area contributed by atoms with E-state index in [-0.39, 0.29) is 11.3 Å². The minimum atomic E-state index is -2.57. The molecule has 1 amide bonds. The third-order valence-corrected chi connectivity index (χ3v) is 2.32. The van der Waals surface area contributed by atoms with Crippen LogP contribution in [0.25, 0.3) is 0 Å². The lowest BCUT2D eigenvalue weighted by atomic mass is 10.1. The van der Waals surface area contributed by atoms with E-state index in [4.69, 9.17) is 10.5 Å². The van der Waals surface area contributed by atoms with Crippen LogP contribution in [0, 0.1) is 0 Å². The SMILES string of the molecule is CCOc1c(N)cccc1C(=O)N(C)CC(F)F. The number of benzene rings is 1. The van der Waals surface area contributed by atoms with E-state index in [1.54, 1.807) is 19.1 Å². The molecule has 6 heteroatoms. The summed E-state index contributed by atoms with van der Waals surface area (Å²) >= 11 is 0. The van der Waals surface area contributed by atoms with Crippen molar-refractivity contribution >= 4 is 11.6 Å². The van der Waals surface area contributed by atoms with Crippen LogP contribution in [0.5, 0.6) is 5.75 Å². The van der Waals surface area contributed by atoms with E-state index in [0.717, 1.165) is 4.90 Å². The third kappa shape index (κ3) is 3.32. The first-order valence-electron chi connectivity index (χ1n) is 5.52. The number of nitrogens with two attached hydrogens (primary N) is 1. The molecule has 0 bridgehead atoms. The van der Waals surface area contributed by atoms with E-state index in [0.29, 0.717) is 12.3 Å². The van der Waals surface area contributed by atoms with Gasteiger partial charge in [0.1, 0.15) is 0 Å². The van der Waals surface area contributed by atoms with Gasteiger partial charge in [-0.05, 0) is 19.1 Å². The van der Waals surface area contributed by atoms with Gasteiger partial charge < -0.3 is 15.4 Å². The number of ether oxygens (including phenoxy) is 1. The average molecular weight is 258 g/mol. The van der Waals surface area contributed by atoms with Gasteiger partial charge in [0.05, 0.1) is 24.4 Å². The van der Waals surface area contributed by atoms with Crippen molar-refractivity contribution in [2.24, 2.45) is 0 Å². The Labute approximate surface area is 104 Å². The lowest BCUT2D eigenvalue weighted by Crippen LogP contribution is -2.31. The number of carbonyl (C=O) groups excluding carboxylic acids is 1. The van der Waals surface area contributed by atoms with E-state index in [9.17, 15) is 13.6 Å². The average Bonchev–Trinajstić information content (AvgIpc) is 2.30. The predicted octanol–water partition coefficient (Wildman–Crippen LogP) is 2.00. The molecule has 4 nitrogen and oxygen atoms in total. The Balaban J connectivity index is 3.01. The highest BCUT2D eigenvalue weighted by Crippen LogP contribution is 2.27. The predicted molar refractivity (Wildman–Crippen MR) is 65.0 cm³/mol. The number of nitrogens with zero attached hydrogens (tertiary/aromatic N) is 1. The standard InChI is InChI=1S/C12H16F2N2O2/c1-3-18-11-8(5-4-6-9(11)15)12(17)16(2)7-10(13)14/h4-6,10H,3,7,15H2,1-2H3. The van der Waals surface area contributed by atoms with Gasteiger partial charge in [0, 0.05) is 7.05 Å². The second kappa shape index (κ2) is 6.18. The van der Waals surface area contributed by atoms with Gasteiger partial charge in [0.25, 0.3) is 12.3 Å². The summed E-state index contributed by atoms with van der Waals surface area (Å²) in [5.74, 6) is -0.294. The normalized spacial score (nSPS) is 10.5. The molecular formula is C12H16F2N2O2. The van der Waals surface area contributed by atoms with Gasteiger partial charge in [-0.3, -0.25) is 4.79 Å². The van der Waals surface area contributed by atoms with Gasteiger partial charge in [0.15, 0.2) is 5.75 Å². The lowest BCUT2D eigenvalue weighted by molar-refractivity contribution is 0.0617. The van der Waals surface area contributed by atoms with Gasteiger partial charge in [-0.2, -0.15) is 0 Å². The summed E-state index contributed by atoms with van der Waals surface area (Å²) in [7, 11) is 1.31. The minimum Gasteiger partial charge on any atom is -0.491 e. The molecule has 18 heavy (non-hydrogen) atoms. The summed E-state index contributed by atoms with van der Waals surface area (Å²) in [6.45, 7) is 1.47. The van der Waals surface area contributed by atoms with Crippen LogP contribution in [0.3, 0.4) is 0 Å². The Morgan fingerprint density at radius 3 is 2.72 bits per heavy atom. The maximum atomic E-state index is 12.2. The molecule has 1 rings (SSSR count). The molecule has 0 aliphatic carbocycles. The molecule has 0 saturated carbocycles. The first kappa shape index (κ1) is 14.2. The maximum absolute atomic E-state index is 12.2. The third-order valence-electron chi connectivity index (χ3n) is 2.32. The largest absolute Gasteiger partial charge is 0.491 e. The van der Waals surface area contributed by atoms with Crippen molar-refractivity contribution in [1.29, 1.82) is 0 Å². The first-order valence-corrected chi connectivity index (χ1v) is 5.52. The highest BCUT2D eigenvalue weighted by atomic mass is 19.3. The van der Waals surface area contributed by atoms with Crippen LogP contribution in [0.2, 0.25) is 0 Å². The van der Waals surface area contributed by atoms with Crippen LogP contribution in [-0.2, 0) is 0 Å². The fourth-order valence-electron chi connectivity index (χ4n) is 1.52. The van der Waals surface area contributed by atoms with Crippen molar-refractivity contribution in [1.82, 2.24) is 4.90 Å². The fraction of sp³-hybridized carbons (Fsp3) is 0.417. The van der Waals surface area contributed by atoms with Crippen molar-refractivity contribution in [3.63, 3.8) is 0 Å². The van der Waals surface area contributed by atoms with Crippen LogP contribution in [-0.4, -0.2) is 37.4 Å². The maximum Gasteiger partial charge on any atom is 0.257 e. The molecule has 0 unspecified atom stereocenters. The van der Waals surface area contributed by atoms with E-state index < -0.39 is 18.9 Å². The Kier molecular flexibility index (Phi) is 4.88. The number of anilines is 1. The van der Waals surface area contributed by atoms with Crippen molar-refractivity contribution in [2.75, 3.05) is 25.9 Å². The van der Waals surface area contributed by atoms with Crippen LogP contribution in [0.15, 0.2) is 18.2 Å². The molecule has 0 aliphatic heterocycles. The quantitative estimate of drug-likeness (QED) is 0.822. The summed E-state index contributed by atoms with van der Waals surface area (Å²) in [5.41, 5.74) is 6.21. The van der Waals surface area contributed by atoms with Crippen LogP contribution in [0.1, 0.15) is 17.3 Å².